The SMILES string of the molecule is [2H]c1c([2H])c([2H])c(-n2c3ccccc3c3c4c5ccccc5n5c6cc7c(cc6c(cc32)c45)c2cccc3c4ccc5c6ccccc6n(-c6c([2H])c([2H])c([2H])c([2H])c6[2H])c5c4n7c23)c([2H])c1[2H]. The first-order valence-corrected chi connectivity index (χ1v) is 19.3. The van der Waals surface area contributed by atoms with E-state index in [1.54, 1.807) is 0 Å². The van der Waals surface area contributed by atoms with Gasteiger partial charge in [-0.25, -0.2) is 0 Å². The van der Waals surface area contributed by atoms with Gasteiger partial charge in [-0.15, -0.1) is 0 Å². The average molecular weight is 745 g/mol. The quantitative estimate of drug-likeness (QED) is 0.168. The second-order valence-electron chi connectivity index (χ2n) is 15.3. The third kappa shape index (κ3) is 3.30. The Labute approximate surface area is 343 Å². The molecule has 4 heteroatoms. The van der Waals surface area contributed by atoms with Crippen molar-refractivity contribution in [1.29, 1.82) is 0 Å². The van der Waals surface area contributed by atoms with Gasteiger partial charge in [-0.3, -0.25) is 0 Å². The van der Waals surface area contributed by atoms with Gasteiger partial charge in [0.1, 0.15) is 0 Å². The van der Waals surface area contributed by atoms with Crippen LogP contribution in [0.15, 0.2) is 182 Å². The molecule has 0 aliphatic heterocycles. The number of rotatable bonds is 2. The second kappa shape index (κ2) is 10.1. The van der Waals surface area contributed by atoms with Crippen molar-refractivity contribution in [2.45, 2.75) is 0 Å². The molecular weight excluding hydrogens is 705 g/mol. The minimum atomic E-state index is -0.446. The lowest BCUT2D eigenvalue weighted by Crippen LogP contribution is -1.95. The van der Waals surface area contributed by atoms with Crippen LogP contribution in [-0.4, -0.2) is 17.9 Å². The number of benzene rings is 9. The zero-order chi connectivity index (χ0) is 46.1. The minimum absolute atomic E-state index is 0.0871. The summed E-state index contributed by atoms with van der Waals surface area (Å²) < 4.78 is 96.6. The van der Waals surface area contributed by atoms with Crippen LogP contribution >= 0.6 is 0 Å². The molecule has 6 aromatic heterocycles. The molecule has 0 saturated carbocycles. The molecule has 0 aliphatic carbocycles. The van der Waals surface area contributed by atoms with Crippen LogP contribution in [0.3, 0.4) is 0 Å². The van der Waals surface area contributed by atoms with Crippen LogP contribution in [0.1, 0.15) is 13.7 Å². The van der Waals surface area contributed by atoms with E-state index in [9.17, 15) is 2.74 Å². The number of para-hydroxylation sites is 6. The number of hydrogen-bond donors (Lipinski definition) is 0. The molecule has 6 heterocycles. The molecule has 0 unspecified atom stereocenters. The standard InChI is InChI=1S/C54H30N4/c1-3-14-31(15-4-1)55-44-24-11-8-19-38(44)49-48(55)29-42-41-28-40-35-22-13-21-34-37-27-26-36-33-18-7-10-23-43(33)56(32-16-5-2-6-17-32)53(36)54(37)58(51(34)35)47(40)30-46(41)57-45-25-12-9-20-39(45)50(49)52(42)57/h1-30H/i1D,2D,3D,4D,5D,6D,14D,15D,16D,17D. The van der Waals surface area contributed by atoms with Crippen molar-refractivity contribution >= 4 is 120 Å². The van der Waals surface area contributed by atoms with E-state index < -0.39 is 36.3 Å². The number of hydrogen-bond acceptors (Lipinski definition) is 0. The van der Waals surface area contributed by atoms with Gasteiger partial charge in [0.2, 0.25) is 0 Å². The highest BCUT2D eigenvalue weighted by molar-refractivity contribution is 6.37. The third-order valence-corrected chi connectivity index (χ3v) is 12.8. The molecule has 0 spiro atoms. The second-order valence-corrected chi connectivity index (χ2v) is 15.3. The van der Waals surface area contributed by atoms with Crippen molar-refractivity contribution in [3.05, 3.63) is 182 Å². The highest BCUT2D eigenvalue weighted by Crippen LogP contribution is 2.50. The Hall–Kier alpha value is -7.82. The normalized spacial score (nSPS) is 15.2. The molecule has 4 nitrogen and oxygen atoms in total. The van der Waals surface area contributed by atoms with Gasteiger partial charge in [-0.2, -0.15) is 0 Å². The summed E-state index contributed by atoms with van der Waals surface area (Å²) in [6.45, 7) is 0. The van der Waals surface area contributed by atoms with Gasteiger partial charge in [-0.1, -0.05) is 121 Å². The molecule has 0 aliphatic rings. The molecule has 0 bridgehead atoms. The van der Waals surface area contributed by atoms with Gasteiger partial charge in [0.05, 0.1) is 68.9 Å². The number of nitrogens with zero attached hydrogens (tertiary/aromatic N) is 4. The Morgan fingerprint density at radius 3 is 1.57 bits per heavy atom. The van der Waals surface area contributed by atoms with Gasteiger partial charge in [-0.05, 0) is 60.6 Å². The van der Waals surface area contributed by atoms with Crippen LogP contribution in [0.4, 0.5) is 0 Å². The first kappa shape index (κ1) is 22.1. The van der Waals surface area contributed by atoms with E-state index in [0.29, 0.717) is 0 Å². The summed E-state index contributed by atoms with van der Waals surface area (Å²) in [7, 11) is 0. The first-order chi connectivity index (χ1) is 33.0. The molecule has 9 aromatic carbocycles. The van der Waals surface area contributed by atoms with Crippen LogP contribution in [0.25, 0.3) is 131 Å². The van der Waals surface area contributed by atoms with Crippen LogP contribution in [0.5, 0.6) is 0 Å². The fourth-order valence-electron chi connectivity index (χ4n) is 10.7. The van der Waals surface area contributed by atoms with Crippen LogP contribution in [-0.2, 0) is 0 Å². The fourth-order valence-corrected chi connectivity index (χ4v) is 10.7. The molecule has 15 rings (SSSR count). The number of fused-ring (bicyclic) bond motifs is 20. The van der Waals surface area contributed by atoms with Crippen LogP contribution < -0.4 is 0 Å². The Balaban J connectivity index is 1.16. The minimum Gasteiger partial charge on any atom is -0.309 e. The first-order valence-electron chi connectivity index (χ1n) is 24.3. The Morgan fingerprint density at radius 1 is 0.293 bits per heavy atom. The van der Waals surface area contributed by atoms with E-state index in [4.69, 9.17) is 11.0 Å². The molecule has 0 radical (unpaired) electrons. The largest absolute Gasteiger partial charge is 0.309 e. The summed E-state index contributed by atoms with van der Waals surface area (Å²) in [5, 5.41) is 11.6. The Morgan fingerprint density at radius 2 is 0.828 bits per heavy atom. The fraction of sp³-hybridized carbons (Fsp3) is 0. The van der Waals surface area contributed by atoms with Gasteiger partial charge in [0.25, 0.3) is 0 Å². The monoisotopic (exact) mass is 744 g/mol. The lowest BCUT2D eigenvalue weighted by Gasteiger charge is -2.09. The Bertz CT molecular complexity index is 4810. The summed E-state index contributed by atoms with van der Waals surface area (Å²) in [6, 6.07) is 37.6. The molecule has 58 heavy (non-hydrogen) atoms. The van der Waals surface area contributed by atoms with E-state index in [0.717, 1.165) is 120 Å². The van der Waals surface area contributed by atoms with Gasteiger partial charge < -0.3 is 17.9 Å². The van der Waals surface area contributed by atoms with Gasteiger partial charge in [0, 0.05) is 76.0 Å². The summed E-state index contributed by atoms with van der Waals surface area (Å²) in [4.78, 5) is 0. The van der Waals surface area contributed by atoms with Crippen molar-refractivity contribution in [3.8, 4) is 11.4 Å². The highest BCUT2D eigenvalue weighted by atomic mass is 15.0. The third-order valence-electron chi connectivity index (χ3n) is 12.8. The topological polar surface area (TPSA) is 18.7 Å². The lowest BCUT2D eigenvalue weighted by atomic mass is 10.0. The van der Waals surface area contributed by atoms with E-state index in [1.807, 2.05) is 69.8 Å². The average Bonchev–Trinajstić information content (AvgIpc) is 4.19. The van der Waals surface area contributed by atoms with Gasteiger partial charge in [0.15, 0.2) is 0 Å². The van der Waals surface area contributed by atoms with E-state index in [-0.39, 0.29) is 35.5 Å². The zero-order valence-electron chi connectivity index (χ0n) is 40.3. The highest BCUT2D eigenvalue weighted by Gasteiger charge is 2.27. The van der Waals surface area contributed by atoms with Crippen molar-refractivity contribution in [2.24, 2.45) is 0 Å². The number of aromatic nitrogens is 4. The van der Waals surface area contributed by atoms with Crippen LogP contribution in [0.2, 0.25) is 0 Å². The molecule has 0 saturated heterocycles. The maximum absolute atomic E-state index is 9.21. The molecular formula is C54H30N4. The Kier molecular flexibility index (Phi) is 3.85. The van der Waals surface area contributed by atoms with Crippen molar-refractivity contribution in [2.75, 3.05) is 0 Å². The molecule has 266 valence electrons. The molecule has 0 N–H and O–H groups in total. The van der Waals surface area contributed by atoms with Crippen LogP contribution in [0, 0.1) is 0 Å². The zero-order valence-corrected chi connectivity index (χ0v) is 30.3. The molecule has 0 fully saturated rings. The predicted molar refractivity (Wildman–Crippen MR) is 244 cm³/mol. The van der Waals surface area contributed by atoms with Gasteiger partial charge >= 0.3 is 0 Å². The maximum atomic E-state index is 9.21. The predicted octanol–water partition coefficient (Wildman–Crippen LogP) is 14.2. The smallest absolute Gasteiger partial charge is 0.0789 e. The summed E-state index contributed by atoms with van der Waals surface area (Å²) >= 11 is 0. The lowest BCUT2D eigenvalue weighted by molar-refractivity contribution is 1.18. The maximum Gasteiger partial charge on any atom is 0.0789 e. The summed E-state index contributed by atoms with van der Waals surface area (Å²) in [5.74, 6) is 0. The molecule has 0 amide bonds. The molecule has 15 aromatic rings. The van der Waals surface area contributed by atoms with Crippen molar-refractivity contribution < 1.29 is 13.7 Å². The van der Waals surface area contributed by atoms with Crippen molar-refractivity contribution in [3.63, 3.8) is 0 Å². The molecule has 0 atom stereocenters. The van der Waals surface area contributed by atoms with E-state index >= 15 is 0 Å². The van der Waals surface area contributed by atoms with E-state index in [1.165, 1.54) is 0 Å². The summed E-state index contributed by atoms with van der Waals surface area (Å²) in [6.07, 6.45) is 0. The van der Waals surface area contributed by atoms with Crippen molar-refractivity contribution in [1.82, 2.24) is 17.9 Å². The van der Waals surface area contributed by atoms with E-state index in [2.05, 4.69) is 69.5 Å². The summed E-state index contributed by atoms with van der Waals surface area (Å²) in [5.41, 5.74) is 8.87.